The number of anilines is 1. The van der Waals surface area contributed by atoms with Crippen LogP contribution in [-0.4, -0.2) is 45.8 Å². The second-order valence-corrected chi connectivity index (χ2v) is 6.02. The first-order valence-corrected chi connectivity index (χ1v) is 7.58. The lowest BCUT2D eigenvalue weighted by Gasteiger charge is -2.35. The first kappa shape index (κ1) is 14.1. The van der Waals surface area contributed by atoms with E-state index in [2.05, 4.69) is 57.6 Å². The van der Waals surface area contributed by atoms with E-state index >= 15 is 0 Å². The summed E-state index contributed by atoms with van der Waals surface area (Å²) in [6.45, 7) is 5.36. The first-order valence-electron chi connectivity index (χ1n) is 7.58. The van der Waals surface area contributed by atoms with Crippen LogP contribution in [0.5, 0.6) is 0 Å². The van der Waals surface area contributed by atoms with Crippen molar-refractivity contribution >= 4 is 5.69 Å². The number of piperidine rings is 1. The Labute approximate surface area is 125 Å². The molecule has 2 heterocycles. The van der Waals surface area contributed by atoms with Gasteiger partial charge < -0.3 is 10.2 Å². The second kappa shape index (κ2) is 5.85. The number of rotatable bonds is 3. The Balaban J connectivity index is 1.72. The molecule has 0 aliphatic carbocycles. The van der Waals surface area contributed by atoms with Gasteiger partial charge in [-0.15, -0.1) is 0 Å². The van der Waals surface area contributed by atoms with E-state index in [1.165, 1.54) is 12.8 Å². The van der Waals surface area contributed by atoms with Crippen molar-refractivity contribution in [2.24, 2.45) is 0 Å². The smallest absolute Gasteiger partial charge is 0.181 e. The molecule has 2 aromatic rings. The lowest BCUT2D eigenvalue weighted by atomic mass is 9.98. The van der Waals surface area contributed by atoms with Gasteiger partial charge in [0, 0.05) is 29.9 Å². The topological polar surface area (TPSA) is 56.8 Å². The van der Waals surface area contributed by atoms with Crippen molar-refractivity contribution < 1.29 is 0 Å². The van der Waals surface area contributed by atoms with Crippen molar-refractivity contribution in [3.63, 3.8) is 0 Å². The van der Waals surface area contributed by atoms with Crippen molar-refractivity contribution in [2.75, 3.05) is 18.9 Å². The van der Waals surface area contributed by atoms with Gasteiger partial charge in [-0.1, -0.05) is 12.1 Å². The molecule has 2 atom stereocenters. The van der Waals surface area contributed by atoms with Crippen LogP contribution in [0.3, 0.4) is 0 Å². The number of hydrogen-bond acceptors (Lipinski definition) is 4. The van der Waals surface area contributed by atoms with Gasteiger partial charge in [0.15, 0.2) is 5.82 Å². The van der Waals surface area contributed by atoms with Crippen molar-refractivity contribution in [3.8, 4) is 11.4 Å². The average Bonchev–Trinajstić information content (AvgIpc) is 2.90. The van der Waals surface area contributed by atoms with Crippen LogP contribution in [0.4, 0.5) is 5.69 Å². The maximum Gasteiger partial charge on any atom is 0.181 e. The Morgan fingerprint density at radius 2 is 2.24 bits per heavy atom. The van der Waals surface area contributed by atoms with Crippen LogP contribution in [0, 0.1) is 6.92 Å². The van der Waals surface area contributed by atoms with Gasteiger partial charge in [0.2, 0.25) is 0 Å². The van der Waals surface area contributed by atoms with Gasteiger partial charge in [-0.2, -0.15) is 5.10 Å². The van der Waals surface area contributed by atoms with E-state index in [1.807, 2.05) is 13.0 Å². The summed E-state index contributed by atoms with van der Waals surface area (Å²) in [5.41, 5.74) is 2.20. The molecule has 1 aliphatic heterocycles. The molecule has 2 N–H and O–H groups in total. The van der Waals surface area contributed by atoms with Gasteiger partial charge in [-0.25, -0.2) is 4.98 Å². The van der Waals surface area contributed by atoms with Crippen molar-refractivity contribution in [1.29, 1.82) is 0 Å². The fourth-order valence-electron chi connectivity index (χ4n) is 2.88. The predicted octanol–water partition coefficient (Wildman–Crippen LogP) is 2.67. The number of likely N-dealkylation sites (tertiary alicyclic amines) is 1. The standard InChI is InChI=1S/C16H23N5/c1-11-9-15(7-8-21(11)3)18-14-6-4-5-13(10-14)16-17-12(2)19-20-16/h4-6,10-11,15,18H,7-9H2,1-3H3,(H,17,19,20). The van der Waals surface area contributed by atoms with Gasteiger partial charge in [0.05, 0.1) is 0 Å². The number of aryl methyl sites for hydroxylation is 1. The summed E-state index contributed by atoms with van der Waals surface area (Å²) in [6.07, 6.45) is 2.37. The highest BCUT2D eigenvalue weighted by Crippen LogP contribution is 2.23. The third-order valence-corrected chi connectivity index (χ3v) is 4.30. The molecule has 0 radical (unpaired) electrons. The summed E-state index contributed by atoms with van der Waals surface area (Å²) in [5.74, 6) is 1.60. The maximum atomic E-state index is 4.39. The molecule has 112 valence electrons. The summed E-state index contributed by atoms with van der Waals surface area (Å²) in [4.78, 5) is 6.81. The fraction of sp³-hybridized carbons (Fsp3) is 0.500. The molecular formula is C16H23N5. The van der Waals surface area contributed by atoms with E-state index in [9.17, 15) is 0 Å². The van der Waals surface area contributed by atoms with Crippen LogP contribution in [0.15, 0.2) is 24.3 Å². The molecule has 1 aromatic heterocycles. The van der Waals surface area contributed by atoms with Crippen molar-refractivity contribution in [2.45, 2.75) is 38.8 Å². The van der Waals surface area contributed by atoms with Gasteiger partial charge in [0.1, 0.15) is 5.82 Å². The van der Waals surface area contributed by atoms with Crippen molar-refractivity contribution in [1.82, 2.24) is 20.1 Å². The molecule has 1 fully saturated rings. The minimum Gasteiger partial charge on any atom is -0.382 e. The van der Waals surface area contributed by atoms with E-state index in [0.717, 1.165) is 29.4 Å². The lowest BCUT2D eigenvalue weighted by molar-refractivity contribution is 0.190. The molecular weight excluding hydrogens is 262 g/mol. The molecule has 5 heteroatoms. The molecule has 0 spiro atoms. The van der Waals surface area contributed by atoms with E-state index in [-0.39, 0.29) is 0 Å². The van der Waals surface area contributed by atoms with E-state index in [4.69, 9.17) is 0 Å². The number of aromatic nitrogens is 3. The highest BCUT2D eigenvalue weighted by Gasteiger charge is 2.22. The quantitative estimate of drug-likeness (QED) is 0.910. The second-order valence-electron chi connectivity index (χ2n) is 6.02. The fourth-order valence-corrected chi connectivity index (χ4v) is 2.88. The normalized spacial score (nSPS) is 23.2. The van der Waals surface area contributed by atoms with Gasteiger partial charge in [0.25, 0.3) is 0 Å². The summed E-state index contributed by atoms with van der Waals surface area (Å²) in [5, 5.41) is 10.8. The molecule has 21 heavy (non-hydrogen) atoms. The van der Waals surface area contributed by atoms with Crippen LogP contribution in [0.1, 0.15) is 25.6 Å². The number of H-pyrrole nitrogens is 1. The molecule has 1 saturated heterocycles. The zero-order valence-corrected chi connectivity index (χ0v) is 12.9. The maximum absolute atomic E-state index is 4.39. The highest BCUT2D eigenvalue weighted by atomic mass is 15.2. The summed E-state index contributed by atoms with van der Waals surface area (Å²) in [6, 6.07) is 9.53. The van der Waals surface area contributed by atoms with Crippen LogP contribution in [0.25, 0.3) is 11.4 Å². The van der Waals surface area contributed by atoms with Gasteiger partial charge in [-0.05, 0) is 45.9 Å². The largest absolute Gasteiger partial charge is 0.382 e. The van der Waals surface area contributed by atoms with Crippen LogP contribution >= 0.6 is 0 Å². The van der Waals surface area contributed by atoms with E-state index in [0.29, 0.717) is 12.1 Å². The first-order chi connectivity index (χ1) is 10.1. The number of nitrogens with zero attached hydrogens (tertiary/aromatic N) is 3. The Morgan fingerprint density at radius 3 is 2.95 bits per heavy atom. The zero-order valence-electron chi connectivity index (χ0n) is 12.9. The Bertz CT molecular complexity index is 606. The minimum absolute atomic E-state index is 0.542. The lowest BCUT2D eigenvalue weighted by Crippen LogP contribution is -2.42. The Kier molecular flexibility index (Phi) is 3.92. The third-order valence-electron chi connectivity index (χ3n) is 4.30. The van der Waals surface area contributed by atoms with Gasteiger partial charge >= 0.3 is 0 Å². The summed E-state index contributed by atoms with van der Waals surface area (Å²) >= 11 is 0. The number of nitrogens with one attached hydrogen (secondary N) is 2. The molecule has 1 aromatic carbocycles. The van der Waals surface area contributed by atoms with Crippen LogP contribution in [0.2, 0.25) is 0 Å². The van der Waals surface area contributed by atoms with Crippen LogP contribution < -0.4 is 5.32 Å². The molecule has 0 amide bonds. The number of benzene rings is 1. The SMILES string of the molecule is Cc1nc(-c2cccc(NC3CCN(C)C(C)C3)c2)n[nH]1. The average molecular weight is 285 g/mol. The molecule has 5 nitrogen and oxygen atoms in total. The third kappa shape index (κ3) is 3.24. The summed E-state index contributed by atoms with van der Waals surface area (Å²) in [7, 11) is 2.20. The van der Waals surface area contributed by atoms with E-state index in [1.54, 1.807) is 0 Å². The Hall–Kier alpha value is -1.88. The molecule has 0 bridgehead atoms. The van der Waals surface area contributed by atoms with Gasteiger partial charge in [-0.3, -0.25) is 5.10 Å². The molecule has 2 unspecified atom stereocenters. The van der Waals surface area contributed by atoms with E-state index < -0.39 is 0 Å². The molecule has 3 rings (SSSR count). The molecule has 0 saturated carbocycles. The summed E-state index contributed by atoms with van der Waals surface area (Å²) < 4.78 is 0. The number of aromatic amines is 1. The zero-order chi connectivity index (χ0) is 14.8. The van der Waals surface area contributed by atoms with Crippen LogP contribution in [-0.2, 0) is 0 Å². The monoisotopic (exact) mass is 285 g/mol. The molecule has 1 aliphatic rings. The minimum atomic E-state index is 0.542. The highest BCUT2D eigenvalue weighted by molar-refractivity contribution is 5.62. The predicted molar refractivity (Wildman–Crippen MR) is 85.3 cm³/mol. The number of hydrogen-bond donors (Lipinski definition) is 2. The van der Waals surface area contributed by atoms with Crippen molar-refractivity contribution in [3.05, 3.63) is 30.1 Å². The Morgan fingerprint density at radius 1 is 1.38 bits per heavy atom.